The molecule has 0 saturated carbocycles. The molecule has 0 spiro atoms. The smallest absolute Gasteiger partial charge is 0.300 e. The van der Waals surface area contributed by atoms with Crippen molar-refractivity contribution < 1.29 is 33.8 Å². The fraction of sp³-hybridized carbons (Fsp3) is 0.655. The Morgan fingerprint density at radius 3 is 2.42 bits per heavy atom. The average Bonchev–Trinajstić information content (AvgIpc) is 2.87. The van der Waals surface area contributed by atoms with Crippen LogP contribution in [-0.4, -0.2) is 74.7 Å². The van der Waals surface area contributed by atoms with Crippen molar-refractivity contribution in [3.8, 4) is 11.5 Å². The zero-order valence-electron chi connectivity index (χ0n) is 24.9. The lowest BCUT2D eigenvalue weighted by Gasteiger charge is -2.34. The van der Waals surface area contributed by atoms with Gasteiger partial charge < -0.3 is 35.8 Å². The number of rotatable bonds is 6. The van der Waals surface area contributed by atoms with Crippen molar-refractivity contribution >= 4 is 23.7 Å². The minimum atomic E-state index is -0.833. The third-order valence-corrected chi connectivity index (χ3v) is 6.24. The summed E-state index contributed by atoms with van der Waals surface area (Å²) in [6.45, 7) is 11.1. The van der Waals surface area contributed by atoms with E-state index in [2.05, 4.69) is 35.1 Å². The molecule has 40 heavy (non-hydrogen) atoms. The molecule has 0 radical (unpaired) electrons. The number of aliphatic carboxylic acids is 1. The Bertz CT molecular complexity index is 964. The van der Waals surface area contributed by atoms with Gasteiger partial charge in [0.25, 0.3) is 11.9 Å². The van der Waals surface area contributed by atoms with E-state index in [-0.39, 0.29) is 36.9 Å². The Morgan fingerprint density at radius 2 is 1.80 bits per heavy atom. The van der Waals surface area contributed by atoms with Crippen LogP contribution in [0.15, 0.2) is 18.2 Å². The second-order valence-electron chi connectivity index (χ2n) is 10.8. The summed E-state index contributed by atoms with van der Waals surface area (Å²) in [5.41, 5.74) is 0.0706. The Morgan fingerprint density at radius 1 is 1.10 bits per heavy atom. The van der Waals surface area contributed by atoms with Crippen LogP contribution in [0.25, 0.3) is 0 Å². The monoisotopic (exact) mass is 564 g/mol. The molecule has 2 aliphatic heterocycles. The van der Waals surface area contributed by atoms with Gasteiger partial charge in [-0.05, 0) is 69.7 Å². The molecular formula is C29H48N4O7. The van der Waals surface area contributed by atoms with E-state index in [0.717, 1.165) is 18.9 Å². The summed E-state index contributed by atoms with van der Waals surface area (Å²) in [6.07, 6.45) is 2.93. The van der Waals surface area contributed by atoms with Gasteiger partial charge in [-0.1, -0.05) is 19.9 Å². The molecular weight excluding hydrogens is 516 g/mol. The number of carboxylic acid groups (broad SMARTS) is 1. The molecule has 2 heterocycles. The molecule has 3 rings (SSSR count). The lowest BCUT2D eigenvalue weighted by atomic mass is 9.75. The third kappa shape index (κ3) is 13.6. The lowest BCUT2D eigenvalue weighted by Crippen LogP contribution is -2.51. The van der Waals surface area contributed by atoms with E-state index in [1.165, 1.54) is 0 Å². The predicted octanol–water partition coefficient (Wildman–Crippen LogP) is 2.27. The maximum absolute atomic E-state index is 13.6. The summed E-state index contributed by atoms with van der Waals surface area (Å²) >= 11 is 0. The first kappa shape index (κ1) is 34.7. The topological polar surface area (TPSA) is 155 Å². The van der Waals surface area contributed by atoms with E-state index >= 15 is 0 Å². The van der Waals surface area contributed by atoms with Gasteiger partial charge in [-0.15, -0.1) is 0 Å². The molecule has 0 aliphatic carbocycles. The van der Waals surface area contributed by atoms with Gasteiger partial charge in [-0.2, -0.15) is 0 Å². The van der Waals surface area contributed by atoms with Gasteiger partial charge in [0.2, 0.25) is 11.8 Å². The molecule has 0 saturated heterocycles. The highest BCUT2D eigenvalue weighted by Crippen LogP contribution is 2.35. The number of amides is 3. The van der Waals surface area contributed by atoms with Crippen LogP contribution in [0.2, 0.25) is 0 Å². The summed E-state index contributed by atoms with van der Waals surface area (Å²) in [6, 6.07) is 5.48. The number of ether oxygens (including phenoxy) is 2. The second kappa shape index (κ2) is 18.1. The summed E-state index contributed by atoms with van der Waals surface area (Å²) in [5, 5.41) is 19.6. The number of hydrogen-bond donors (Lipinski definition) is 5. The molecule has 1 atom stereocenters. The fourth-order valence-corrected chi connectivity index (χ4v) is 4.17. The van der Waals surface area contributed by atoms with E-state index in [9.17, 15) is 14.4 Å². The lowest BCUT2D eigenvalue weighted by molar-refractivity contribution is -0.135. The van der Waals surface area contributed by atoms with Gasteiger partial charge in [0.15, 0.2) is 18.1 Å². The van der Waals surface area contributed by atoms with E-state index in [0.29, 0.717) is 62.7 Å². The van der Waals surface area contributed by atoms with Gasteiger partial charge in [0, 0.05) is 39.0 Å². The van der Waals surface area contributed by atoms with E-state index in [1.807, 2.05) is 26.0 Å². The molecule has 3 amide bonds. The van der Waals surface area contributed by atoms with Crippen molar-refractivity contribution in [3.63, 3.8) is 0 Å². The first-order valence-electron chi connectivity index (χ1n) is 13.9. The predicted molar refractivity (Wildman–Crippen MR) is 153 cm³/mol. The maximum Gasteiger partial charge on any atom is 0.300 e. The Hall–Kier alpha value is -3.34. The number of carbonyl (C=O) groups excluding carboxylic acids is 3. The molecule has 2 aliphatic rings. The van der Waals surface area contributed by atoms with Crippen molar-refractivity contribution in [2.24, 2.45) is 11.3 Å². The van der Waals surface area contributed by atoms with Crippen LogP contribution in [0.1, 0.15) is 65.9 Å². The Kier molecular flexibility index (Phi) is 15.7. The van der Waals surface area contributed by atoms with Crippen LogP contribution in [0.3, 0.4) is 0 Å². The first-order valence-corrected chi connectivity index (χ1v) is 13.9. The minimum Gasteiger partial charge on any atom is -0.493 e. The maximum atomic E-state index is 13.6. The van der Waals surface area contributed by atoms with Crippen molar-refractivity contribution in [1.82, 2.24) is 21.3 Å². The van der Waals surface area contributed by atoms with Gasteiger partial charge in [-0.3, -0.25) is 19.2 Å². The number of methoxy groups -OCH3 is 1. The van der Waals surface area contributed by atoms with Crippen LogP contribution < -0.4 is 30.7 Å². The number of carbonyl (C=O) groups is 4. The SMILES string of the molecule is CC(=O)O.COc1cc2ccc1OCC(=O)NCCNCCCC(=O)NCC(CCC(C)C)(C(=O)NC(C)C)C2. The van der Waals surface area contributed by atoms with E-state index in [1.54, 1.807) is 13.2 Å². The molecule has 0 aromatic heterocycles. The zero-order chi connectivity index (χ0) is 30.1. The molecule has 1 aromatic rings. The fourth-order valence-electron chi connectivity index (χ4n) is 4.17. The molecule has 2 bridgehead atoms. The standard InChI is InChI=1S/C27H44N4O5.C2H4O2/c1-19(2)10-11-27(26(34)31-20(3)4)16-21-8-9-22(23(15-21)35-5)36-17-25(33)29-14-13-28-12-6-7-24(32)30-18-27;1-2(3)4/h8-9,15,19-20,28H,6-7,10-14,16-18H2,1-5H3,(H,29,33)(H,30,32)(H,31,34);1H3,(H,3,4). The molecule has 1 unspecified atom stereocenters. The van der Waals surface area contributed by atoms with Crippen LogP contribution >= 0.6 is 0 Å². The normalized spacial score (nSPS) is 19.1. The molecule has 11 nitrogen and oxygen atoms in total. The zero-order valence-corrected chi connectivity index (χ0v) is 24.9. The largest absolute Gasteiger partial charge is 0.493 e. The van der Waals surface area contributed by atoms with Crippen LogP contribution in [0.5, 0.6) is 11.5 Å². The quantitative estimate of drug-likeness (QED) is 0.330. The van der Waals surface area contributed by atoms with E-state index < -0.39 is 11.4 Å². The van der Waals surface area contributed by atoms with Crippen LogP contribution in [0.4, 0.5) is 0 Å². The number of hydrogen-bond acceptors (Lipinski definition) is 7. The van der Waals surface area contributed by atoms with Gasteiger partial charge in [-0.25, -0.2) is 0 Å². The molecule has 5 N–H and O–H groups in total. The summed E-state index contributed by atoms with van der Waals surface area (Å²) in [7, 11) is 1.55. The minimum absolute atomic E-state index is 0.0244. The highest BCUT2D eigenvalue weighted by molar-refractivity contribution is 5.85. The summed E-state index contributed by atoms with van der Waals surface area (Å²) < 4.78 is 11.3. The second-order valence-corrected chi connectivity index (χ2v) is 10.8. The van der Waals surface area contributed by atoms with Crippen molar-refractivity contribution in [2.75, 3.05) is 39.9 Å². The Labute approximate surface area is 238 Å². The van der Waals surface area contributed by atoms with Crippen LogP contribution in [-0.2, 0) is 25.6 Å². The number of carboxylic acids is 1. The summed E-state index contributed by atoms with van der Waals surface area (Å²) in [5.74, 6) is 0.158. The molecule has 0 fully saturated rings. The van der Waals surface area contributed by atoms with Gasteiger partial charge in [0.1, 0.15) is 0 Å². The molecule has 11 heteroatoms. The summed E-state index contributed by atoms with van der Waals surface area (Å²) in [4.78, 5) is 47.5. The molecule has 1 aromatic carbocycles. The first-order chi connectivity index (χ1) is 18.9. The van der Waals surface area contributed by atoms with Crippen molar-refractivity contribution in [2.45, 2.75) is 72.8 Å². The van der Waals surface area contributed by atoms with Crippen molar-refractivity contribution in [1.29, 1.82) is 0 Å². The Balaban J connectivity index is 0.00000187. The van der Waals surface area contributed by atoms with Gasteiger partial charge in [0.05, 0.1) is 12.5 Å². The van der Waals surface area contributed by atoms with Crippen molar-refractivity contribution in [3.05, 3.63) is 23.8 Å². The number of fused-ring (bicyclic) bond motifs is 16. The third-order valence-electron chi connectivity index (χ3n) is 6.24. The van der Waals surface area contributed by atoms with Gasteiger partial charge >= 0.3 is 0 Å². The van der Waals surface area contributed by atoms with E-state index in [4.69, 9.17) is 19.4 Å². The highest BCUT2D eigenvalue weighted by Gasteiger charge is 2.39. The number of nitrogens with one attached hydrogen (secondary N) is 4. The van der Waals surface area contributed by atoms with Crippen LogP contribution in [0, 0.1) is 11.3 Å². The highest BCUT2D eigenvalue weighted by atomic mass is 16.5. The average molecular weight is 565 g/mol. The number of benzene rings is 1. The molecule has 226 valence electrons.